The molecule has 0 bridgehead atoms. The van der Waals surface area contributed by atoms with Gasteiger partial charge in [0.05, 0.1) is 4.92 Å². The number of anilines is 1. The summed E-state index contributed by atoms with van der Waals surface area (Å²) in [5.41, 5.74) is 1.87. The highest BCUT2D eigenvalue weighted by Crippen LogP contribution is 2.29. The predicted octanol–water partition coefficient (Wildman–Crippen LogP) is 2.93. The Kier molecular flexibility index (Phi) is 3.74. The minimum atomic E-state index is -0.430. The van der Waals surface area contributed by atoms with Crippen LogP contribution >= 0.6 is 0 Å². The molecule has 0 heterocycles. The Morgan fingerprint density at radius 2 is 2.00 bits per heavy atom. The number of aryl methyl sites for hydroxylation is 1. The van der Waals surface area contributed by atoms with Gasteiger partial charge in [0.25, 0.3) is 5.69 Å². The van der Waals surface area contributed by atoms with Gasteiger partial charge in [0, 0.05) is 29.4 Å². The van der Waals surface area contributed by atoms with E-state index in [2.05, 4.69) is 5.32 Å². The summed E-state index contributed by atoms with van der Waals surface area (Å²) in [6, 6.07) is 9.41. The second kappa shape index (κ2) is 5.48. The number of nitrogens with one attached hydrogen (secondary N) is 1. The monoisotopic (exact) mass is 274 g/mol. The number of phenolic OH excluding ortho intramolecular Hbond substituents is 2. The van der Waals surface area contributed by atoms with Crippen LogP contribution in [0.15, 0.2) is 36.4 Å². The van der Waals surface area contributed by atoms with Crippen molar-refractivity contribution in [3.63, 3.8) is 0 Å². The molecule has 0 amide bonds. The molecule has 0 aliphatic heterocycles. The molecule has 104 valence electrons. The van der Waals surface area contributed by atoms with Gasteiger partial charge in [0.15, 0.2) is 11.5 Å². The van der Waals surface area contributed by atoms with E-state index in [-0.39, 0.29) is 17.2 Å². The van der Waals surface area contributed by atoms with Crippen molar-refractivity contribution in [2.24, 2.45) is 0 Å². The van der Waals surface area contributed by atoms with Gasteiger partial charge in [-0.15, -0.1) is 0 Å². The molecule has 0 saturated carbocycles. The van der Waals surface area contributed by atoms with Crippen LogP contribution in [0.4, 0.5) is 11.4 Å². The Balaban J connectivity index is 2.13. The van der Waals surface area contributed by atoms with E-state index >= 15 is 0 Å². The SMILES string of the molecule is Cc1cc(NCc2cccc(O)c2O)ccc1[N+](=O)[O-]. The number of rotatable bonds is 4. The van der Waals surface area contributed by atoms with Gasteiger partial charge in [0.2, 0.25) is 0 Å². The molecule has 0 aliphatic rings. The molecule has 20 heavy (non-hydrogen) atoms. The van der Waals surface area contributed by atoms with Crippen molar-refractivity contribution in [2.45, 2.75) is 13.5 Å². The first-order valence-electron chi connectivity index (χ1n) is 5.98. The molecule has 0 atom stereocenters. The Hall–Kier alpha value is -2.76. The molecule has 2 aromatic carbocycles. The summed E-state index contributed by atoms with van der Waals surface area (Å²) in [5, 5.41) is 32.8. The van der Waals surface area contributed by atoms with E-state index in [9.17, 15) is 20.3 Å². The molecular weight excluding hydrogens is 260 g/mol. The summed E-state index contributed by atoms with van der Waals surface area (Å²) in [6.45, 7) is 1.96. The van der Waals surface area contributed by atoms with Crippen molar-refractivity contribution in [1.29, 1.82) is 0 Å². The van der Waals surface area contributed by atoms with Crippen molar-refractivity contribution < 1.29 is 15.1 Å². The van der Waals surface area contributed by atoms with Gasteiger partial charge < -0.3 is 15.5 Å². The maximum Gasteiger partial charge on any atom is 0.272 e. The van der Waals surface area contributed by atoms with E-state index in [1.54, 1.807) is 31.2 Å². The van der Waals surface area contributed by atoms with Crippen molar-refractivity contribution in [2.75, 3.05) is 5.32 Å². The highest BCUT2D eigenvalue weighted by atomic mass is 16.6. The second-order valence-corrected chi connectivity index (χ2v) is 4.40. The lowest BCUT2D eigenvalue weighted by Crippen LogP contribution is -2.01. The van der Waals surface area contributed by atoms with Gasteiger partial charge >= 0.3 is 0 Å². The average molecular weight is 274 g/mol. The van der Waals surface area contributed by atoms with Gasteiger partial charge in [-0.2, -0.15) is 0 Å². The van der Waals surface area contributed by atoms with E-state index < -0.39 is 4.92 Å². The largest absolute Gasteiger partial charge is 0.504 e. The number of aromatic hydroxyl groups is 2. The second-order valence-electron chi connectivity index (χ2n) is 4.40. The first-order chi connectivity index (χ1) is 9.49. The highest BCUT2D eigenvalue weighted by molar-refractivity contribution is 5.54. The normalized spacial score (nSPS) is 10.2. The number of benzene rings is 2. The number of nitro benzene ring substituents is 1. The Morgan fingerprint density at radius 1 is 1.25 bits per heavy atom. The zero-order valence-corrected chi connectivity index (χ0v) is 10.8. The van der Waals surface area contributed by atoms with Crippen LogP contribution < -0.4 is 5.32 Å². The topological polar surface area (TPSA) is 95.6 Å². The minimum absolute atomic E-state index is 0.0655. The van der Waals surface area contributed by atoms with Crippen molar-refractivity contribution in [3.05, 3.63) is 57.6 Å². The third kappa shape index (κ3) is 2.80. The van der Waals surface area contributed by atoms with Crippen LogP contribution in [-0.2, 0) is 6.54 Å². The summed E-state index contributed by atoms with van der Waals surface area (Å²) in [4.78, 5) is 10.3. The van der Waals surface area contributed by atoms with Crippen LogP contribution in [0.5, 0.6) is 11.5 Å². The van der Waals surface area contributed by atoms with Crippen LogP contribution in [0, 0.1) is 17.0 Å². The fraction of sp³-hybridized carbons (Fsp3) is 0.143. The lowest BCUT2D eigenvalue weighted by atomic mass is 10.1. The summed E-state index contributed by atoms with van der Waals surface area (Å²) < 4.78 is 0. The molecule has 0 spiro atoms. The van der Waals surface area contributed by atoms with Crippen LogP contribution in [0.25, 0.3) is 0 Å². The van der Waals surface area contributed by atoms with Gasteiger partial charge in [-0.3, -0.25) is 10.1 Å². The smallest absolute Gasteiger partial charge is 0.272 e. The Morgan fingerprint density at radius 3 is 2.65 bits per heavy atom. The number of phenols is 2. The zero-order chi connectivity index (χ0) is 14.7. The number of hydrogen-bond donors (Lipinski definition) is 3. The first kappa shape index (κ1) is 13.7. The Labute approximate surface area is 115 Å². The lowest BCUT2D eigenvalue weighted by Gasteiger charge is -2.09. The number of nitrogens with zero attached hydrogens (tertiary/aromatic N) is 1. The fourth-order valence-electron chi connectivity index (χ4n) is 1.89. The van der Waals surface area contributed by atoms with Crippen LogP contribution in [0.3, 0.4) is 0 Å². The van der Waals surface area contributed by atoms with Gasteiger partial charge in [-0.1, -0.05) is 12.1 Å². The summed E-state index contributed by atoms with van der Waals surface area (Å²) in [6.07, 6.45) is 0. The number of para-hydroxylation sites is 1. The quantitative estimate of drug-likeness (QED) is 0.452. The van der Waals surface area contributed by atoms with Crippen LogP contribution in [0.2, 0.25) is 0 Å². The lowest BCUT2D eigenvalue weighted by molar-refractivity contribution is -0.385. The first-order valence-corrected chi connectivity index (χ1v) is 5.98. The molecular formula is C14H14N2O4. The molecule has 0 unspecified atom stereocenters. The maximum absolute atomic E-state index is 10.7. The van der Waals surface area contributed by atoms with Crippen LogP contribution in [-0.4, -0.2) is 15.1 Å². The molecule has 0 fully saturated rings. The third-order valence-corrected chi connectivity index (χ3v) is 2.97. The van der Waals surface area contributed by atoms with Gasteiger partial charge in [0.1, 0.15) is 0 Å². The highest BCUT2D eigenvalue weighted by Gasteiger charge is 2.10. The molecule has 2 rings (SSSR count). The Bertz CT molecular complexity index is 656. The van der Waals surface area contributed by atoms with Gasteiger partial charge in [-0.05, 0) is 25.1 Å². The van der Waals surface area contributed by atoms with E-state index in [1.807, 2.05) is 0 Å². The zero-order valence-electron chi connectivity index (χ0n) is 10.8. The summed E-state index contributed by atoms with van der Waals surface area (Å²) in [7, 11) is 0. The summed E-state index contributed by atoms with van der Waals surface area (Å²) in [5.74, 6) is -0.345. The fourth-order valence-corrected chi connectivity index (χ4v) is 1.89. The molecule has 6 heteroatoms. The van der Waals surface area contributed by atoms with Crippen molar-refractivity contribution >= 4 is 11.4 Å². The van der Waals surface area contributed by atoms with E-state index in [0.717, 1.165) is 0 Å². The van der Waals surface area contributed by atoms with Crippen molar-refractivity contribution in [3.8, 4) is 11.5 Å². The molecule has 0 radical (unpaired) electrons. The number of nitro groups is 1. The molecule has 0 aliphatic carbocycles. The molecule has 6 nitrogen and oxygen atoms in total. The predicted molar refractivity (Wildman–Crippen MR) is 74.9 cm³/mol. The molecule has 3 N–H and O–H groups in total. The molecule has 0 saturated heterocycles. The van der Waals surface area contributed by atoms with E-state index in [1.165, 1.54) is 12.1 Å². The van der Waals surface area contributed by atoms with Gasteiger partial charge in [-0.25, -0.2) is 0 Å². The molecule has 0 aromatic heterocycles. The maximum atomic E-state index is 10.7. The average Bonchev–Trinajstić information content (AvgIpc) is 2.40. The minimum Gasteiger partial charge on any atom is -0.504 e. The van der Waals surface area contributed by atoms with Crippen molar-refractivity contribution in [1.82, 2.24) is 0 Å². The summed E-state index contributed by atoms with van der Waals surface area (Å²) >= 11 is 0. The molecule has 2 aromatic rings. The standard InChI is InChI=1S/C14H14N2O4/c1-9-7-11(5-6-12(9)16(19)20)15-8-10-3-2-4-13(17)14(10)18/h2-7,15,17-18H,8H2,1H3. The third-order valence-electron chi connectivity index (χ3n) is 2.97. The van der Waals surface area contributed by atoms with Crippen LogP contribution in [0.1, 0.15) is 11.1 Å². The number of hydrogen-bond acceptors (Lipinski definition) is 5. The van der Waals surface area contributed by atoms with E-state index in [4.69, 9.17) is 0 Å². The van der Waals surface area contributed by atoms with E-state index in [0.29, 0.717) is 23.4 Å².